The molecule has 0 aromatic carbocycles. The lowest BCUT2D eigenvalue weighted by Crippen LogP contribution is -2.36. The number of aliphatic hydroxyl groups excluding tert-OH is 1. The lowest BCUT2D eigenvalue weighted by molar-refractivity contribution is -0.141. The van der Waals surface area contributed by atoms with E-state index in [0.29, 0.717) is 32.5 Å². The van der Waals surface area contributed by atoms with Crippen molar-refractivity contribution in [2.24, 2.45) is 0 Å². The monoisotopic (exact) mass is 290 g/mol. The molecule has 0 radical (unpaired) electrons. The molecule has 0 spiro atoms. The van der Waals surface area contributed by atoms with Crippen LogP contribution in [0.25, 0.3) is 0 Å². The molecule has 2 N–H and O–H groups in total. The number of aliphatic hydroxyl groups is 1. The predicted molar refractivity (Wildman–Crippen MR) is 68.7 cm³/mol. The number of nitrogens with zero attached hydrogens (tertiary/aromatic N) is 3. The molecule has 0 amide bonds. The zero-order valence-corrected chi connectivity index (χ0v) is 11.1. The number of hydrogen-bond donors (Lipinski definition) is 2. The third-order valence-electron chi connectivity index (χ3n) is 3.13. The molecule has 5 nitrogen and oxygen atoms in total. The van der Waals surface area contributed by atoms with Gasteiger partial charge in [0.2, 0.25) is 5.95 Å². The van der Waals surface area contributed by atoms with Crippen LogP contribution in [-0.2, 0) is 6.18 Å². The predicted octanol–water partition coefficient (Wildman–Crippen LogP) is 1.89. The van der Waals surface area contributed by atoms with Gasteiger partial charge in [-0.1, -0.05) is 0 Å². The van der Waals surface area contributed by atoms with Crippen LogP contribution in [0.4, 0.5) is 24.9 Å². The molecule has 0 bridgehead atoms. The number of piperidine rings is 1. The molecule has 0 saturated carbocycles. The molecule has 1 aromatic heterocycles. The Morgan fingerprint density at radius 1 is 1.35 bits per heavy atom. The van der Waals surface area contributed by atoms with E-state index in [9.17, 15) is 18.3 Å². The smallest absolute Gasteiger partial charge is 0.393 e. The first-order valence-electron chi connectivity index (χ1n) is 6.53. The molecule has 1 aromatic rings. The van der Waals surface area contributed by atoms with E-state index in [1.54, 1.807) is 11.8 Å². The molecule has 1 aliphatic rings. The molecular weight excluding hydrogens is 273 g/mol. The molecule has 20 heavy (non-hydrogen) atoms. The van der Waals surface area contributed by atoms with Crippen LogP contribution in [0.2, 0.25) is 0 Å². The topological polar surface area (TPSA) is 61.3 Å². The Morgan fingerprint density at radius 2 is 2.00 bits per heavy atom. The van der Waals surface area contributed by atoms with Crippen molar-refractivity contribution in [1.29, 1.82) is 0 Å². The molecule has 0 unspecified atom stereocenters. The van der Waals surface area contributed by atoms with E-state index in [4.69, 9.17) is 0 Å². The van der Waals surface area contributed by atoms with Gasteiger partial charge in [0.05, 0.1) is 6.10 Å². The van der Waals surface area contributed by atoms with E-state index in [0.717, 1.165) is 6.07 Å². The van der Waals surface area contributed by atoms with Gasteiger partial charge in [0.15, 0.2) is 5.69 Å². The summed E-state index contributed by atoms with van der Waals surface area (Å²) >= 11 is 0. The summed E-state index contributed by atoms with van der Waals surface area (Å²) in [4.78, 5) is 9.33. The number of anilines is 2. The van der Waals surface area contributed by atoms with Crippen molar-refractivity contribution < 1.29 is 18.3 Å². The third kappa shape index (κ3) is 3.50. The number of alkyl halides is 3. The van der Waals surface area contributed by atoms with Crippen molar-refractivity contribution in [3.8, 4) is 0 Å². The minimum Gasteiger partial charge on any atom is -0.393 e. The number of nitrogens with one attached hydrogen (secondary N) is 1. The lowest BCUT2D eigenvalue weighted by atomic mass is 10.1. The largest absolute Gasteiger partial charge is 0.433 e. The Hall–Kier alpha value is -1.57. The van der Waals surface area contributed by atoms with E-state index in [2.05, 4.69) is 15.3 Å². The number of halogens is 3. The van der Waals surface area contributed by atoms with E-state index in [1.807, 2.05) is 0 Å². The standard InChI is InChI=1S/C12H17F3N4O/c1-2-16-11-17-9(12(13,14)15)7-10(18-11)19-5-3-8(20)4-6-19/h7-8,20H,2-6H2,1H3,(H,16,17,18). The van der Waals surface area contributed by atoms with Crippen LogP contribution in [0.1, 0.15) is 25.5 Å². The molecule has 0 aliphatic carbocycles. The Bertz CT molecular complexity index is 459. The highest BCUT2D eigenvalue weighted by molar-refractivity contribution is 5.46. The summed E-state index contributed by atoms with van der Waals surface area (Å²) in [6.45, 7) is 3.18. The summed E-state index contributed by atoms with van der Waals surface area (Å²) in [5.74, 6) is 0.221. The Morgan fingerprint density at radius 3 is 2.55 bits per heavy atom. The fourth-order valence-corrected chi connectivity index (χ4v) is 2.07. The average molecular weight is 290 g/mol. The van der Waals surface area contributed by atoms with Gasteiger partial charge in [-0.2, -0.15) is 18.2 Å². The summed E-state index contributed by atoms with van der Waals surface area (Å²) in [7, 11) is 0. The minimum absolute atomic E-state index is 0.0246. The molecule has 0 atom stereocenters. The van der Waals surface area contributed by atoms with Gasteiger partial charge in [-0.15, -0.1) is 0 Å². The van der Waals surface area contributed by atoms with Crippen LogP contribution in [0.15, 0.2) is 6.07 Å². The second kappa shape index (κ2) is 5.82. The van der Waals surface area contributed by atoms with Crippen molar-refractivity contribution in [2.75, 3.05) is 29.9 Å². The van der Waals surface area contributed by atoms with Crippen LogP contribution >= 0.6 is 0 Å². The molecular formula is C12H17F3N4O. The van der Waals surface area contributed by atoms with Crippen molar-refractivity contribution in [3.05, 3.63) is 11.8 Å². The van der Waals surface area contributed by atoms with Gasteiger partial charge in [0.1, 0.15) is 5.82 Å². The van der Waals surface area contributed by atoms with Crippen LogP contribution in [-0.4, -0.2) is 40.8 Å². The van der Waals surface area contributed by atoms with Gasteiger partial charge in [-0.3, -0.25) is 0 Å². The summed E-state index contributed by atoms with van der Waals surface area (Å²) in [5, 5.41) is 12.2. The van der Waals surface area contributed by atoms with E-state index in [-0.39, 0.29) is 17.9 Å². The summed E-state index contributed by atoms with van der Waals surface area (Å²) in [5.41, 5.74) is -0.954. The first kappa shape index (κ1) is 14.8. The zero-order valence-electron chi connectivity index (χ0n) is 11.1. The quantitative estimate of drug-likeness (QED) is 0.890. The van der Waals surface area contributed by atoms with Gasteiger partial charge in [0, 0.05) is 25.7 Å². The molecule has 112 valence electrons. The number of rotatable bonds is 3. The van der Waals surface area contributed by atoms with Crippen LogP contribution in [0.5, 0.6) is 0 Å². The SMILES string of the molecule is CCNc1nc(N2CCC(O)CC2)cc(C(F)(F)F)n1. The molecule has 1 aliphatic heterocycles. The molecule has 8 heteroatoms. The summed E-state index contributed by atoms with van der Waals surface area (Å²) in [6, 6.07) is 0.957. The van der Waals surface area contributed by atoms with Gasteiger partial charge in [-0.25, -0.2) is 4.98 Å². The zero-order chi connectivity index (χ0) is 14.8. The van der Waals surface area contributed by atoms with Crippen molar-refractivity contribution in [3.63, 3.8) is 0 Å². The average Bonchev–Trinajstić information content (AvgIpc) is 2.38. The fourth-order valence-electron chi connectivity index (χ4n) is 2.07. The number of hydrogen-bond acceptors (Lipinski definition) is 5. The fraction of sp³-hybridized carbons (Fsp3) is 0.667. The minimum atomic E-state index is -4.50. The molecule has 1 saturated heterocycles. The Kier molecular flexibility index (Phi) is 4.32. The van der Waals surface area contributed by atoms with Gasteiger partial charge >= 0.3 is 6.18 Å². The Balaban J connectivity index is 2.29. The van der Waals surface area contributed by atoms with Crippen LogP contribution in [0, 0.1) is 0 Å². The maximum Gasteiger partial charge on any atom is 0.433 e. The van der Waals surface area contributed by atoms with Crippen molar-refractivity contribution in [2.45, 2.75) is 32.0 Å². The maximum atomic E-state index is 12.8. The Labute approximate surface area is 114 Å². The van der Waals surface area contributed by atoms with Crippen molar-refractivity contribution >= 4 is 11.8 Å². The second-order valence-corrected chi connectivity index (χ2v) is 4.68. The van der Waals surface area contributed by atoms with Crippen molar-refractivity contribution in [1.82, 2.24) is 9.97 Å². The second-order valence-electron chi connectivity index (χ2n) is 4.68. The third-order valence-corrected chi connectivity index (χ3v) is 3.13. The summed E-state index contributed by atoms with van der Waals surface area (Å²) in [6.07, 6.45) is -3.83. The highest BCUT2D eigenvalue weighted by Gasteiger charge is 2.34. The van der Waals surface area contributed by atoms with E-state index in [1.165, 1.54) is 0 Å². The van der Waals surface area contributed by atoms with Gasteiger partial charge < -0.3 is 15.3 Å². The maximum absolute atomic E-state index is 12.8. The summed E-state index contributed by atoms with van der Waals surface area (Å²) < 4.78 is 38.5. The molecule has 1 fully saturated rings. The van der Waals surface area contributed by atoms with E-state index < -0.39 is 11.9 Å². The molecule has 2 rings (SSSR count). The van der Waals surface area contributed by atoms with E-state index >= 15 is 0 Å². The number of aromatic nitrogens is 2. The van der Waals surface area contributed by atoms with Gasteiger partial charge in [0.25, 0.3) is 0 Å². The highest BCUT2D eigenvalue weighted by Crippen LogP contribution is 2.31. The van der Waals surface area contributed by atoms with Gasteiger partial charge in [-0.05, 0) is 19.8 Å². The first-order chi connectivity index (χ1) is 9.40. The van der Waals surface area contributed by atoms with Crippen LogP contribution < -0.4 is 10.2 Å². The first-order valence-corrected chi connectivity index (χ1v) is 6.53. The molecule has 2 heterocycles. The lowest BCUT2D eigenvalue weighted by Gasteiger charge is -2.30. The normalized spacial score (nSPS) is 17.4. The van der Waals surface area contributed by atoms with Crippen LogP contribution in [0.3, 0.4) is 0 Å². The highest BCUT2D eigenvalue weighted by atomic mass is 19.4.